The molecule has 2 bridgehead atoms. The maximum absolute atomic E-state index is 13.0. The molecule has 3 aliphatic rings. The first-order valence-electron chi connectivity index (χ1n) is 12.7. The number of likely N-dealkylation sites (tertiary alicyclic amines) is 1. The minimum Gasteiger partial charge on any atom is -0.492 e. The maximum Gasteiger partial charge on any atom is 0.270 e. The lowest BCUT2D eigenvalue weighted by Crippen LogP contribution is -2.40. The topological polar surface area (TPSA) is 79.4 Å². The molecule has 7 nitrogen and oxygen atoms in total. The van der Waals surface area contributed by atoms with Crippen LogP contribution in [0, 0.1) is 16.7 Å². The molecule has 3 unspecified atom stereocenters. The Morgan fingerprint density at radius 2 is 1.91 bits per heavy atom. The fourth-order valence-electron chi connectivity index (χ4n) is 6.30. The molecule has 2 heterocycles. The van der Waals surface area contributed by atoms with E-state index in [-0.39, 0.29) is 17.4 Å². The highest BCUT2D eigenvalue weighted by molar-refractivity contribution is 5.92. The predicted molar refractivity (Wildman–Crippen MR) is 133 cm³/mol. The molecule has 2 saturated carbocycles. The Labute approximate surface area is 202 Å². The Balaban J connectivity index is 1.15. The number of carbonyl (C=O) groups excluding carboxylic acids is 1. The van der Waals surface area contributed by atoms with E-state index < -0.39 is 0 Å². The van der Waals surface area contributed by atoms with E-state index in [0.29, 0.717) is 29.6 Å². The number of ether oxygens (including phenoxy) is 1. The number of amides is 1. The molecular formula is C27H37N5O2. The molecule has 2 N–H and O–H groups in total. The highest BCUT2D eigenvalue weighted by Crippen LogP contribution is 2.65. The Morgan fingerprint density at radius 3 is 2.59 bits per heavy atom. The second-order valence-corrected chi connectivity index (χ2v) is 11.0. The van der Waals surface area contributed by atoms with Crippen LogP contribution in [0.3, 0.4) is 0 Å². The predicted octanol–water partition coefficient (Wildman–Crippen LogP) is 4.64. The molecule has 3 fully saturated rings. The van der Waals surface area contributed by atoms with Crippen LogP contribution in [0.4, 0.5) is 11.6 Å². The molecular weight excluding hydrogens is 426 g/mol. The second-order valence-electron chi connectivity index (χ2n) is 11.0. The zero-order valence-corrected chi connectivity index (χ0v) is 20.6. The smallest absolute Gasteiger partial charge is 0.270 e. The largest absolute Gasteiger partial charge is 0.492 e. The van der Waals surface area contributed by atoms with Gasteiger partial charge in [0.15, 0.2) is 0 Å². The third kappa shape index (κ3) is 4.50. The second kappa shape index (κ2) is 9.17. The van der Waals surface area contributed by atoms with Gasteiger partial charge in [-0.1, -0.05) is 20.8 Å². The molecule has 7 heteroatoms. The molecule has 1 aromatic carbocycles. The third-order valence-corrected chi connectivity index (χ3v) is 8.84. The molecule has 1 aromatic heterocycles. The monoisotopic (exact) mass is 463 g/mol. The summed E-state index contributed by atoms with van der Waals surface area (Å²) < 4.78 is 5.88. The van der Waals surface area contributed by atoms with Gasteiger partial charge in [0.05, 0.1) is 0 Å². The van der Waals surface area contributed by atoms with Crippen LogP contribution in [0.2, 0.25) is 0 Å². The lowest BCUT2D eigenvalue weighted by molar-refractivity contribution is 0.0912. The molecule has 0 spiro atoms. The molecule has 3 atom stereocenters. The summed E-state index contributed by atoms with van der Waals surface area (Å²) in [5.74, 6) is 1.66. The van der Waals surface area contributed by atoms with E-state index in [9.17, 15) is 4.79 Å². The number of hydrogen-bond donors (Lipinski definition) is 2. The van der Waals surface area contributed by atoms with Crippen LogP contribution in [-0.4, -0.2) is 53.1 Å². The minimum absolute atomic E-state index is 0.121. The summed E-state index contributed by atoms with van der Waals surface area (Å²) in [7, 11) is 0. The average molecular weight is 464 g/mol. The van der Waals surface area contributed by atoms with Crippen molar-refractivity contribution in [2.75, 3.05) is 31.6 Å². The number of benzene rings is 1. The van der Waals surface area contributed by atoms with Crippen LogP contribution in [0.1, 0.15) is 63.4 Å². The summed E-state index contributed by atoms with van der Waals surface area (Å²) in [6.45, 7) is 11.1. The van der Waals surface area contributed by atoms with Gasteiger partial charge in [-0.05, 0) is 92.3 Å². The van der Waals surface area contributed by atoms with Gasteiger partial charge in [-0.2, -0.15) is 0 Å². The Hall–Kier alpha value is -2.67. The molecule has 0 radical (unpaired) electrons. The first-order valence-corrected chi connectivity index (χ1v) is 12.7. The van der Waals surface area contributed by atoms with Crippen molar-refractivity contribution in [3.8, 4) is 5.75 Å². The van der Waals surface area contributed by atoms with Gasteiger partial charge in [0, 0.05) is 24.5 Å². The van der Waals surface area contributed by atoms with Gasteiger partial charge < -0.3 is 15.4 Å². The summed E-state index contributed by atoms with van der Waals surface area (Å²) in [5.41, 5.74) is 1.81. The van der Waals surface area contributed by atoms with Crippen LogP contribution < -0.4 is 15.4 Å². The minimum atomic E-state index is -0.121. The number of fused-ring (bicyclic) bond motifs is 2. The van der Waals surface area contributed by atoms with Crippen molar-refractivity contribution in [2.24, 2.45) is 16.7 Å². The third-order valence-electron chi connectivity index (χ3n) is 8.84. The van der Waals surface area contributed by atoms with Gasteiger partial charge in [-0.3, -0.25) is 9.69 Å². The zero-order chi connectivity index (χ0) is 23.8. The van der Waals surface area contributed by atoms with Crippen LogP contribution >= 0.6 is 0 Å². The Kier molecular flexibility index (Phi) is 6.23. The van der Waals surface area contributed by atoms with Crippen molar-refractivity contribution in [3.63, 3.8) is 0 Å². The lowest BCUT2D eigenvalue weighted by Gasteiger charge is -2.33. The number of rotatable bonds is 8. The summed E-state index contributed by atoms with van der Waals surface area (Å²) in [4.78, 5) is 24.2. The quantitative estimate of drug-likeness (QED) is 0.594. The molecule has 1 aliphatic heterocycles. The number of carbonyl (C=O) groups is 1. The molecule has 2 aromatic rings. The maximum atomic E-state index is 13.0. The standard InChI is InChI=1S/C27H37N5O2/c1-26(2)21-10-12-27(26,3)18-23(21)30-24(33)22-11-13-28-25(31-22)29-19-6-8-20(9-7-19)34-17-16-32-14-4-5-15-32/h6-9,11,13,21,23H,4-5,10,12,14-18H2,1-3H3,(H,30,33)(H,28,29,31). The van der Waals surface area contributed by atoms with E-state index in [2.05, 4.69) is 46.3 Å². The first-order chi connectivity index (χ1) is 16.3. The Bertz CT molecular complexity index is 1020. The summed E-state index contributed by atoms with van der Waals surface area (Å²) in [5, 5.41) is 6.47. The molecule has 2 aliphatic carbocycles. The van der Waals surface area contributed by atoms with Gasteiger partial charge in [-0.15, -0.1) is 0 Å². The number of aromatic nitrogens is 2. The SMILES string of the molecule is CC12CCC(C(NC(=O)c3ccnc(Nc4ccc(OCCN5CCCC5)cc4)n3)C1)C2(C)C. The van der Waals surface area contributed by atoms with Gasteiger partial charge in [-0.25, -0.2) is 9.97 Å². The molecule has 34 heavy (non-hydrogen) atoms. The average Bonchev–Trinajstić information content (AvgIpc) is 3.46. The molecule has 1 amide bonds. The molecule has 1 saturated heterocycles. The first kappa shape index (κ1) is 23.1. The van der Waals surface area contributed by atoms with Crippen molar-refractivity contribution < 1.29 is 9.53 Å². The van der Waals surface area contributed by atoms with Gasteiger partial charge >= 0.3 is 0 Å². The molecule has 5 rings (SSSR count). The number of anilines is 2. The summed E-state index contributed by atoms with van der Waals surface area (Å²) >= 11 is 0. The zero-order valence-electron chi connectivity index (χ0n) is 20.6. The lowest BCUT2D eigenvalue weighted by atomic mass is 9.71. The van der Waals surface area contributed by atoms with E-state index >= 15 is 0 Å². The highest BCUT2D eigenvalue weighted by Gasteiger charge is 2.60. The van der Waals surface area contributed by atoms with Crippen molar-refractivity contribution in [3.05, 3.63) is 42.2 Å². The van der Waals surface area contributed by atoms with E-state index in [1.165, 1.54) is 38.8 Å². The molecule has 182 valence electrons. The van der Waals surface area contributed by atoms with Gasteiger partial charge in [0.2, 0.25) is 5.95 Å². The normalized spacial score (nSPS) is 27.6. The van der Waals surface area contributed by atoms with Crippen molar-refractivity contribution in [1.29, 1.82) is 0 Å². The number of hydrogen-bond acceptors (Lipinski definition) is 6. The summed E-state index contributed by atoms with van der Waals surface area (Å²) in [6.07, 6.45) is 7.70. The summed E-state index contributed by atoms with van der Waals surface area (Å²) in [6, 6.07) is 9.67. The van der Waals surface area contributed by atoms with Gasteiger partial charge in [0.1, 0.15) is 18.1 Å². The number of nitrogens with one attached hydrogen (secondary N) is 2. The van der Waals surface area contributed by atoms with E-state index in [1.54, 1.807) is 12.3 Å². The van der Waals surface area contributed by atoms with Crippen molar-refractivity contribution >= 4 is 17.5 Å². The van der Waals surface area contributed by atoms with Crippen molar-refractivity contribution in [2.45, 2.75) is 58.9 Å². The van der Waals surface area contributed by atoms with Crippen LogP contribution in [0.15, 0.2) is 36.5 Å². The van der Waals surface area contributed by atoms with E-state index in [0.717, 1.165) is 24.4 Å². The highest BCUT2D eigenvalue weighted by atomic mass is 16.5. The number of nitrogens with zero attached hydrogens (tertiary/aromatic N) is 3. The van der Waals surface area contributed by atoms with Crippen LogP contribution in [0.25, 0.3) is 0 Å². The van der Waals surface area contributed by atoms with Crippen molar-refractivity contribution in [1.82, 2.24) is 20.2 Å². The van der Waals surface area contributed by atoms with Crippen LogP contribution in [-0.2, 0) is 0 Å². The van der Waals surface area contributed by atoms with E-state index in [1.807, 2.05) is 24.3 Å². The fourth-order valence-corrected chi connectivity index (χ4v) is 6.30. The van der Waals surface area contributed by atoms with Gasteiger partial charge in [0.25, 0.3) is 5.91 Å². The Morgan fingerprint density at radius 1 is 1.15 bits per heavy atom. The van der Waals surface area contributed by atoms with E-state index in [4.69, 9.17) is 4.74 Å². The van der Waals surface area contributed by atoms with Crippen LogP contribution in [0.5, 0.6) is 5.75 Å². The fraction of sp³-hybridized carbons (Fsp3) is 0.593.